The van der Waals surface area contributed by atoms with Gasteiger partial charge in [-0.15, -0.1) is 0 Å². The summed E-state index contributed by atoms with van der Waals surface area (Å²) in [5.41, 5.74) is 0.728. The number of nitrogens with one attached hydrogen (secondary N) is 1. The van der Waals surface area contributed by atoms with Gasteiger partial charge in [-0.1, -0.05) is 0 Å². The largest absolute Gasteiger partial charge is 0.486 e. The minimum Gasteiger partial charge on any atom is -0.486 e. The van der Waals surface area contributed by atoms with E-state index in [0.29, 0.717) is 44.4 Å². The third-order valence-corrected chi connectivity index (χ3v) is 3.94. The first kappa shape index (κ1) is 15.6. The molecular weight excluding hydrogens is 300 g/mol. The number of nitrogens with zero attached hydrogens (tertiary/aromatic N) is 1. The molecule has 1 fully saturated rings. The quantitative estimate of drug-likeness (QED) is 0.803. The van der Waals surface area contributed by atoms with Gasteiger partial charge in [-0.25, -0.2) is 0 Å². The van der Waals surface area contributed by atoms with Gasteiger partial charge in [0.25, 0.3) is 0 Å². The number of methoxy groups -OCH3 is 1. The van der Waals surface area contributed by atoms with Crippen LogP contribution >= 0.6 is 0 Å². The first-order chi connectivity index (χ1) is 11.2. The van der Waals surface area contributed by atoms with Crippen LogP contribution in [0.5, 0.6) is 11.5 Å². The average molecular weight is 320 g/mol. The highest BCUT2D eigenvalue weighted by Crippen LogP contribution is 2.35. The molecule has 0 saturated carbocycles. The molecule has 1 aromatic rings. The monoisotopic (exact) mass is 320 g/mol. The highest BCUT2D eigenvalue weighted by Gasteiger charge is 2.35. The van der Waals surface area contributed by atoms with Gasteiger partial charge in [0, 0.05) is 38.4 Å². The Morgan fingerprint density at radius 3 is 2.91 bits per heavy atom. The number of rotatable bonds is 5. The standard InChI is InChI=1S/C16H20N2O5/c1-21-5-4-17-16(20)11-8-15(19)18(10-11)12-2-3-13-14(9-12)23-7-6-22-13/h2-3,9,11H,4-8,10H2,1H3,(H,17,20)/t11-/m1/s1. The first-order valence-electron chi connectivity index (χ1n) is 7.65. The molecular formula is C16H20N2O5. The fourth-order valence-corrected chi connectivity index (χ4v) is 2.75. The lowest BCUT2D eigenvalue weighted by Crippen LogP contribution is -2.34. The smallest absolute Gasteiger partial charge is 0.227 e. The van der Waals surface area contributed by atoms with E-state index in [-0.39, 0.29) is 24.2 Å². The Morgan fingerprint density at radius 1 is 1.35 bits per heavy atom. The molecule has 0 bridgehead atoms. The van der Waals surface area contributed by atoms with Crippen LogP contribution in [-0.2, 0) is 14.3 Å². The molecule has 0 unspecified atom stereocenters. The van der Waals surface area contributed by atoms with Crippen molar-refractivity contribution in [1.82, 2.24) is 5.32 Å². The van der Waals surface area contributed by atoms with E-state index in [0.717, 1.165) is 5.69 Å². The maximum Gasteiger partial charge on any atom is 0.227 e. The van der Waals surface area contributed by atoms with Crippen molar-refractivity contribution in [2.45, 2.75) is 6.42 Å². The molecule has 0 radical (unpaired) electrons. The molecule has 1 atom stereocenters. The molecule has 23 heavy (non-hydrogen) atoms. The number of benzene rings is 1. The summed E-state index contributed by atoms with van der Waals surface area (Å²) >= 11 is 0. The van der Waals surface area contributed by atoms with Gasteiger partial charge in [0.05, 0.1) is 12.5 Å². The lowest BCUT2D eigenvalue weighted by molar-refractivity contribution is -0.126. The van der Waals surface area contributed by atoms with Crippen molar-refractivity contribution in [3.8, 4) is 11.5 Å². The van der Waals surface area contributed by atoms with Crippen molar-refractivity contribution in [3.63, 3.8) is 0 Å². The lowest BCUT2D eigenvalue weighted by Gasteiger charge is -2.22. The minimum atomic E-state index is -0.340. The second kappa shape index (κ2) is 6.87. The molecule has 7 nitrogen and oxygen atoms in total. The van der Waals surface area contributed by atoms with E-state index in [2.05, 4.69) is 5.32 Å². The number of amides is 2. The summed E-state index contributed by atoms with van der Waals surface area (Å²) in [4.78, 5) is 25.9. The molecule has 1 saturated heterocycles. The maximum atomic E-state index is 12.2. The van der Waals surface area contributed by atoms with Crippen LogP contribution in [-0.4, -0.2) is 51.8 Å². The zero-order valence-electron chi connectivity index (χ0n) is 13.0. The Morgan fingerprint density at radius 2 is 2.13 bits per heavy atom. The predicted octanol–water partition coefficient (Wildman–Crippen LogP) is 0.573. The van der Waals surface area contributed by atoms with Gasteiger partial charge in [0.15, 0.2) is 11.5 Å². The van der Waals surface area contributed by atoms with E-state index in [1.165, 1.54) is 0 Å². The van der Waals surface area contributed by atoms with Gasteiger partial charge in [-0.2, -0.15) is 0 Å². The molecule has 0 spiro atoms. The van der Waals surface area contributed by atoms with E-state index in [9.17, 15) is 9.59 Å². The second-order valence-corrected chi connectivity index (χ2v) is 5.52. The average Bonchev–Trinajstić information content (AvgIpc) is 2.96. The van der Waals surface area contributed by atoms with E-state index in [1.54, 1.807) is 24.1 Å². The summed E-state index contributed by atoms with van der Waals surface area (Å²) in [6.45, 7) is 2.30. The first-order valence-corrected chi connectivity index (χ1v) is 7.65. The molecule has 7 heteroatoms. The summed E-state index contributed by atoms with van der Waals surface area (Å²) in [6, 6.07) is 5.40. The number of fused-ring (bicyclic) bond motifs is 1. The fourth-order valence-electron chi connectivity index (χ4n) is 2.75. The number of hydrogen-bond acceptors (Lipinski definition) is 5. The zero-order chi connectivity index (χ0) is 16.2. The predicted molar refractivity (Wildman–Crippen MR) is 82.8 cm³/mol. The normalized spacial score (nSPS) is 19.8. The van der Waals surface area contributed by atoms with Gasteiger partial charge >= 0.3 is 0 Å². The summed E-state index contributed by atoms with van der Waals surface area (Å²) in [5.74, 6) is 0.798. The summed E-state index contributed by atoms with van der Waals surface area (Å²) in [5, 5.41) is 2.78. The van der Waals surface area contributed by atoms with Crippen molar-refractivity contribution in [2.24, 2.45) is 5.92 Å². The molecule has 1 N–H and O–H groups in total. The maximum absolute atomic E-state index is 12.2. The van der Waals surface area contributed by atoms with Crippen LogP contribution in [0.4, 0.5) is 5.69 Å². The van der Waals surface area contributed by atoms with Crippen molar-refractivity contribution < 1.29 is 23.8 Å². The van der Waals surface area contributed by atoms with Crippen LogP contribution in [0, 0.1) is 5.92 Å². The Bertz CT molecular complexity index is 604. The Kier molecular flexibility index (Phi) is 4.66. The van der Waals surface area contributed by atoms with Crippen LogP contribution in [0.1, 0.15) is 6.42 Å². The van der Waals surface area contributed by atoms with E-state index in [1.807, 2.05) is 6.07 Å². The third kappa shape index (κ3) is 3.39. The lowest BCUT2D eigenvalue weighted by atomic mass is 10.1. The molecule has 1 aromatic carbocycles. The van der Waals surface area contributed by atoms with Crippen molar-refractivity contribution >= 4 is 17.5 Å². The van der Waals surface area contributed by atoms with E-state index in [4.69, 9.17) is 14.2 Å². The van der Waals surface area contributed by atoms with E-state index >= 15 is 0 Å². The summed E-state index contributed by atoms with van der Waals surface area (Å²) in [6.07, 6.45) is 0.216. The van der Waals surface area contributed by atoms with Crippen molar-refractivity contribution in [1.29, 1.82) is 0 Å². The van der Waals surface area contributed by atoms with Crippen LogP contribution < -0.4 is 19.7 Å². The molecule has 2 amide bonds. The molecule has 0 aromatic heterocycles. The molecule has 2 aliphatic heterocycles. The Hall–Kier alpha value is -2.28. The molecule has 124 valence electrons. The number of anilines is 1. The number of ether oxygens (including phenoxy) is 3. The summed E-state index contributed by atoms with van der Waals surface area (Å²) in [7, 11) is 1.58. The van der Waals surface area contributed by atoms with Crippen LogP contribution in [0.25, 0.3) is 0 Å². The number of carbonyl (C=O) groups excluding carboxylic acids is 2. The van der Waals surface area contributed by atoms with E-state index < -0.39 is 0 Å². The molecule has 3 rings (SSSR count). The van der Waals surface area contributed by atoms with Crippen LogP contribution in [0.15, 0.2) is 18.2 Å². The molecule has 2 heterocycles. The molecule has 0 aliphatic carbocycles. The Balaban J connectivity index is 1.67. The van der Waals surface area contributed by atoms with Gasteiger partial charge in [0.2, 0.25) is 11.8 Å². The number of carbonyl (C=O) groups is 2. The summed E-state index contributed by atoms with van der Waals surface area (Å²) < 4.78 is 15.9. The van der Waals surface area contributed by atoms with Crippen molar-refractivity contribution in [3.05, 3.63) is 18.2 Å². The fraction of sp³-hybridized carbons (Fsp3) is 0.500. The SMILES string of the molecule is COCCNC(=O)[C@@H]1CC(=O)N(c2ccc3c(c2)OCCO3)C1. The van der Waals surface area contributed by atoms with Gasteiger partial charge in [0.1, 0.15) is 13.2 Å². The van der Waals surface area contributed by atoms with Gasteiger partial charge in [-0.05, 0) is 12.1 Å². The highest BCUT2D eigenvalue weighted by atomic mass is 16.6. The molecule has 2 aliphatic rings. The number of hydrogen-bond donors (Lipinski definition) is 1. The second-order valence-electron chi connectivity index (χ2n) is 5.52. The zero-order valence-corrected chi connectivity index (χ0v) is 13.0. The minimum absolute atomic E-state index is 0.0615. The Labute approximate surface area is 134 Å². The van der Waals surface area contributed by atoms with Crippen molar-refractivity contribution in [2.75, 3.05) is 44.9 Å². The topological polar surface area (TPSA) is 77.1 Å². The highest BCUT2D eigenvalue weighted by molar-refractivity contribution is 6.00. The third-order valence-electron chi connectivity index (χ3n) is 3.94. The van der Waals surface area contributed by atoms with Gasteiger partial charge in [-0.3, -0.25) is 9.59 Å². The van der Waals surface area contributed by atoms with Crippen LogP contribution in [0.3, 0.4) is 0 Å². The van der Waals surface area contributed by atoms with Crippen LogP contribution in [0.2, 0.25) is 0 Å². The van der Waals surface area contributed by atoms with Gasteiger partial charge < -0.3 is 24.4 Å².